The maximum absolute atomic E-state index is 13.2. The van der Waals surface area contributed by atoms with E-state index in [1.165, 1.54) is 18.4 Å². The maximum atomic E-state index is 13.2. The molecule has 1 saturated heterocycles. The van der Waals surface area contributed by atoms with Gasteiger partial charge < -0.3 is 10.2 Å². The molecule has 0 saturated carbocycles. The monoisotopic (exact) mass is 362 g/mol. The van der Waals surface area contributed by atoms with Gasteiger partial charge in [0, 0.05) is 19.3 Å². The number of carbonyl (C=O) groups excluding carboxylic acids is 1. The number of hydrogen-bond acceptors (Lipinski definition) is 3. The minimum atomic E-state index is -3.04. The predicted molar refractivity (Wildman–Crippen MR) is 87.7 cm³/mol. The van der Waals surface area contributed by atoms with E-state index < -0.39 is 15.7 Å². The molecule has 0 aliphatic carbocycles. The van der Waals surface area contributed by atoms with Crippen molar-refractivity contribution < 1.29 is 17.6 Å². The van der Waals surface area contributed by atoms with Gasteiger partial charge in [0.05, 0.1) is 16.8 Å². The second kappa shape index (κ2) is 7.05. The molecule has 1 aromatic carbocycles. The van der Waals surface area contributed by atoms with Crippen LogP contribution in [-0.4, -0.2) is 44.4 Å². The number of amides is 2. The zero-order valence-electron chi connectivity index (χ0n) is 13.1. The Balaban J connectivity index is 1.93. The number of urea groups is 1. The Hall–Kier alpha value is -1.34. The highest BCUT2D eigenvalue weighted by Gasteiger charge is 2.29. The van der Waals surface area contributed by atoms with E-state index in [1.807, 2.05) is 0 Å². The molecule has 0 aromatic heterocycles. The summed E-state index contributed by atoms with van der Waals surface area (Å²) in [5.74, 6) is -0.427. The minimum Gasteiger partial charge on any atom is -0.331 e. The van der Waals surface area contributed by atoms with Gasteiger partial charge in [-0.05, 0) is 37.0 Å². The standard InChI is InChI=1S/C15H20ClFN2O3S/c1-10(12-3-4-14(17)13(16)7-12)18-15(20)19-6-5-11(8-19)9-23(2,21)22/h3-4,7,10-11H,5-6,8-9H2,1-2H3,(H,18,20)/t10-,11+/m1/s1. The Bertz CT molecular complexity index is 696. The van der Waals surface area contributed by atoms with Crippen LogP contribution in [0.3, 0.4) is 0 Å². The fraction of sp³-hybridized carbons (Fsp3) is 0.533. The average Bonchev–Trinajstić information content (AvgIpc) is 2.88. The molecular formula is C15H20ClFN2O3S. The first kappa shape index (κ1) is 18.0. The third-order valence-corrected chi connectivity index (χ3v) is 5.26. The van der Waals surface area contributed by atoms with Crippen molar-refractivity contribution in [2.45, 2.75) is 19.4 Å². The van der Waals surface area contributed by atoms with Gasteiger partial charge in [-0.1, -0.05) is 17.7 Å². The van der Waals surface area contributed by atoms with Crippen molar-refractivity contribution in [3.05, 3.63) is 34.6 Å². The van der Waals surface area contributed by atoms with Gasteiger partial charge in [-0.15, -0.1) is 0 Å². The minimum absolute atomic E-state index is 0.0120. The van der Waals surface area contributed by atoms with Gasteiger partial charge in [0.2, 0.25) is 0 Å². The zero-order chi connectivity index (χ0) is 17.2. The second-order valence-electron chi connectivity index (χ2n) is 6.04. The summed E-state index contributed by atoms with van der Waals surface area (Å²) in [7, 11) is -3.04. The van der Waals surface area contributed by atoms with E-state index in [0.717, 1.165) is 0 Å². The molecule has 1 heterocycles. The van der Waals surface area contributed by atoms with E-state index in [0.29, 0.717) is 25.1 Å². The van der Waals surface area contributed by atoms with Crippen molar-refractivity contribution in [1.82, 2.24) is 10.2 Å². The summed E-state index contributed by atoms with van der Waals surface area (Å²) >= 11 is 5.75. The van der Waals surface area contributed by atoms with Crippen LogP contribution in [0.2, 0.25) is 5.02 Å². The highest BCUT2D eigenvalue weighted by Crippen LogP contribution is 2.22. The van der Waals surface area contributed by atoms with Crippen molar-refractivity contribution in [2.24, 2.45) is 5.92 Å². The number of nitrogens with one attached hydrogen (secondary N) is 1. The molecule has 1 aromatic rings. The molecule has 5 nitrogen and oxygen atoms in total. The highest BCUT2D eigenvalue weighted by atomic mass is 35.5. The lowest BCUT2D eigenvalue weighted by Gasteiger charge is -2.21. The largest absolute Gasteiger partial charge is 0.331 e. The van der Waals surface area contributed by atoms with E-state index in [4.69, 9.17) is 11.6 Å². The molecule has 0 bridgehead atoms. The van der Waals surface area contributed by atoms with Crippen molar-refractivity contribution in [3.8, 4) is 0 Å². The molecule has 2 atom stereocenters. The maximum Gasteiger partial charge on any atom is 0.317 e. The molecule has 0 spiro atoms. The molecule has 2 rings (SSSR count). The molecule has 1 aliphatic rings. The fourth-order valence-electron chi connectivity index (χ4n) is 2.72. The third kappa shape index (κ3) is 5.07. The Morgan fingerprint density at radius 3 is 2.83 bits per heavy atom. The van der Waals surface area contributed by atoms with Crippen LogP contribution < -0.4 is 5.32 Å². The van der Waals surface area contributed by atoms with E-state index in [9.17, 15) is 17.6 Å². The Labute approximate surface area is 140 Å². The lowest BCUT2D eigenvalue weighted by Crippen LogP contribution is -2.40. The number of nitrogens with zero attached hydrogens (tertiary/aromatic N) is 1. The summed E-state index contributed by atoms with van der Waals surface area (Å²) in [6, 6.07) is 3.74. The lowest BCUT2D eigenvalue weighted by molar-refractivity contribution is 0.204. The van der Waals surface area contributed by atoms with Gasteiger partial charge >= 0.3 is 6.03 Å². The average molecular weight is 363 g/mol. The molecule has 8 heteroatoms. The quantitative estimate of drug-likeness (QED) is 0.895. The molecular weight excluding hydrogens is 343 g/mol. The first-order valence-corrected chi connectivity index (χ1v) is 9.77. The van der Waals surface area contributed by atoms with Crippen LogP contribution >= 0.6 is 11.6 Å². The van der Waals surface area contributed by atoms with Crippen molar-refractivity contribution in [1.29, 1.82) is 0 Å². The molecule has 2 amide bonds. The topological polar surface area (TPSA) is 66.5 Å². The Morgan fingerprint density at radius 2 is 2.22 bits per heavy atom. The van der Waals surface area contributed by atoms with E-state index in [1.54, 1.807) is 17.9 Å². The van der Waals surface area contributed by atoms with E-state index >= 15 is 0 Å². The Kier molecular flexibility index (Phi) is 5.52. The predicted octanol–water partition coefficient (Wildman–Crippen LogP) is 2.62. The summed E-state index contributed by atoms with van der Waals surface area (Å²) in [4.78, 5) is 13.9. The molecule has 1 fully saturated rings. The molecule has 1 aliphatic heterocycles. The third-order valence-electron chi connectivity index (χ3n) is 3.90. The van der Waals surface area contributed by atoms with Crippen LogP contribution in [0.1, 0.15) is 24.9 Å². The molecule has 128 valence electrons. The number of benzene rings is 1. The first-order valence-electron chi connectivity index (χ1n) is 7.34. The fourth-order valence-corrected chi connectivity index (χ4v) is 4.04. The van der Waals surface area contributed by atoms with Gasteiger partial charge in [-0.25, -0.2) is 17.6 Å². The van der Waals surface area contributed by atoms with Gasteiger partial charge in [0.1, 0.15) is 15.7 Å². The Morgan fingerprint density at radius 1 is 1.52 bits per heavy atom. The van der Waals surface area contributed by atoms with Crippen LogP contribution in [0.5, 0.6) is 0 Å². The summed E-state index contributed by atoms with van der Waals surface area (Å²) in [6.45, 7) is 2.74. The molecule has 23 heavy (non-hydrogen) atoms. The number of hydrogen-bond donors (Lipinski definition) is 1. The van der Waals surface area contributed by atoms with Crippen molar-refractivity contribution in [3.63, 3.8) is 0 Å². The lowest BCUT2D eigenvalue weighted by atomic mass is 10.1. The smallest absolute Gasteiger partial charge is 0.317 e. The summed E-state index contributed by atoms with van der Waals surface area (Å²) in [6.07, 6.45) is 1.88. The van der Waals surface area contributed by atoms with Gasteiger partial charge in [-0.2, -0.15) is 0 Å². The number of sulfone groups is 1. The summed E-state index contributed by atoms with van der Waals surface area (Å²) in [5.41, 5.74) is 0.705. The molecule has 0 radical (unpaired) electrons. The normalized spacial score (nSPS) is 19.7. The zero-order valence-corrected chi connectivity index (χ0v) is 14.6. The number of rotatable bonds is 4. The van der Waals surface area contributed by atoms with Gasteiger partial charge in [-0.3, -0.25) is 0 Å². The molecule has 1 N–H and O–H groups in total. The first-order chi connectivity index (χ1) is 10.7. The van der Waals surface area contributed by atoms with Gasteiger partial charge in [0.25, 0.3) is 0 Å². The van der Waals surface area contributed by atoms with Crippen molar-refractivity contribution >= 4 is 27.5 Å². The molecule has 0 unspecified atom stereocenters. The highest BCUT2D eigenvalue weighted by molar-refractivity contribution is 7.90. The van der Waals surface area contributed by atoms with Crippen LogP contribution in [0.25, 0.3) is 0 Å². The number of carbonyl (C=O) groups is 1. The van der Waals surface area contributed by atoms with E-state index in [-0.39, 0.29) is 28.8 Å². The van der Waals surface area contributed by atoms with Gasteiger partial charge in [0.15, 0.2) is 0 Å². The van der Waals surface area contributed by atoms with Crippen LogP contribution in [0, 0.1) is 11.7 Å². The summed E-state index contributed by atoms with van der Waals surface area (Å²) in [5, 5.41) is 2.84. The van der Waals surface area contributed by atoms with Crippen LogP contribution in [-0.2, 0) is 9.84 Å². The van der Waals surface area contributed by atoms with Crippen molar-refractivity contribution in [2.75, 3.05) is 25.1 Å². The van der Waals surface area contributed by atoms with Crippen LogP contribution in [0.15, 0.2) is 18.2 Å². The second-order valence-corrected chi connectivity index (χ2v) is 8.63. The SMILES string of the molecule is C[C@@H](NC(=O)N1CC[C@H](CS(C)(=O)=O)C1)c1ccc(F)c(Cl)c1. The van der Waals surface area contributed by atoms with Crippen LogP contribution in [0.4, 0.5) is 9.18 Å². The number of likely N-dealkylation sites (tertiary alicyclic amines) is 1. The summed E-state index contributed by atoms with van der Waals surface area (Å²) < 4.78 is 35.8. The number of halogens is 2. The van der Waals surface area contributed by atoms with E-state index in [2.05, 4.69) is 5.32 Å².